The van der Waals surface area contributed by atoms with Crippen molar-refractivity contribution in [2.24, 2.45) is 0 Å². The Hall–Kier alpha value is -2.60. The molecule has 0 bridgehead atoms. The molecule has 126 valence electrons. The number of amides is 1. The molecule has 0 saturated carbocycles. The first-order valence-electron chi connectivity index (χ1n) is 8.17. The van der Waals surface area contributed by atoms with E-state index in [2.05, 4.69) is 22.1 Å². The van der Waals surface area contributed by atoms with Gasteiger partial charge in [0.15, 0.2) is 5.16 Å². The van der Waals surface area contributed by atoms with Crippen LogP contribution in [0.1, 0.15) is 11.1 Å². The minimum Gasteiger partial charge on any atom is -0.337 e. The summed E-state index contributed by atoms with van der Waals surface area (Å²) in [6, 6.07) is 15.4. The summed E-state index contributed by atoms with van der Waals surface area (Å²) in [4.78, 5) is 33.6. The zero-order valence-electron chi connectivity index (χ0n) is 13.6. The molecule has 0 saturated heterocycles. The fourth-order valence-electron chi connectivity index (χ4n) is 3.06. The van der Waals surface area contributed by atoms with Crippen molar-refractivity contribution in [2.75, 3.05) is 12.3 Å². The molecule has 0 fully saturated rings. The molecule has 1 amide bonds. The zero-order chi connectivity index (χ0) is 17.2. The summed E-state index contributed by atoms with van der Waals surface area (Å²) in [7, 11) is 0. The van der Waals surface area contributed by atoms with E-state index in [9.17, 15) is 9.59 Å². The summed E-state index contributed by atoms with van der Waals surface area (Å²) in [5, 5.41) is 1.04. The number of hydrogen-bond acceptors (Lipinski definition) is 4. The van der Waals surface area contributed by atoms with E-state index in [0.717, 1.165) is 13.0 Å². The number of nitrogens with one attached hydrogen (secondary N) is 1. The average Bonchev–Trinajstić information content (AvgIpc) is 2.66. The molecule has 0 atom stereocenters. The number of thioether (sulfide) groups is 1. The van der Waals surface area contributed by atoms with Gasteiger partial charge in [0.05, 0.1) is 16.7 Å². The largest absolute Gasteiger partial charge is 0.337 e. The van der Waals surface area contributed by atoms with Crippen LogP contribution in [-0.2, 0) is 17.8 Å². The molecule has 1 N–H and O–H groups in total. The molecule has 1 aliphatic heterocycles. The molecule has 1 aromatic heterocycles. The summed E-state index contributed by atoms with van der Waals surface area (Å²) >= 11 is 1.27. The molecule has 4 rings (SSSR count). The number of nitrogens with zero attached hydrogens (tertiary/aromatic N) is 2. The first-order valence-corrected chi connectivity index (χ1v) is 9.16. The van der Waals surface area contributed by atoms with Crippen molar-refractivity contribution < 1.29 is 4.79 Å². The second-order valence-electron chi connectivity index (χ2n) is 6.01. The Bertz CT molecular complexity index is 999. The molecular weight excluding hydrogens is 334 g/mol. The van der Waals surface area contributed by atoms with E-state index in [1.807, 2.05) is 29.2 Å². The van der Waals surface area contributed by atoms with Crippen LogP contribution >= 0.6 is 11.8 Å². The molecule has 0 unspecified atom stereocenters. The predicted octanol–water partition coefficient (Wildman–Crippen LogP) is 2.60. The lowest BCUT2D eigenvalue weighted by molar-refractivity contribution is -0.129. The van der Waals surface area contributed by atoms with Gasteiger partial charge in [-0.15, -0.1) is 0 Å². The van der Waals surface area contributed by atoms with E-state index in [1.54, 1.807) is 12.1 Å². The number of aromatic nitrogens is 2. The Morgan fingerprint density at radius 3 is 2.76 bits per heavy atom. The number of aromatic amines is 1. The molecule has 25 heavy (non-hydrogen) atoms. The average molecular weight is 351 g/mol. The molecule has 1 aliphatic rings. The number of para-hydroxylation sites is 1. The molecule has 2 aromatic carbocycles. The van der Waals surface area contributed by atoms with E-state index >= 15 is 0 Å². The zero-order valence-corrected chi connectivity index (χ0v) is 14.4. The number of rotatable bonds is 3. The predicted molar refractivity (Wildman–Crippen MR) is 98.7 cm³/mol. The van der Waals surface area contributed by atoms with Crippen molar-refractivity contribution in [2.45, 2.75) is 18.1 Å². The Labute approximate surface area is 149 Å². The highest BCUT2D eigenvalue weighted by molar-refractivity contribution is 7.99. The second kappa shape index (κ2) is 6.72. The highest BCUT2D eigenvalue weighted by Crippen LogP contribution is 2.21. The van der Waals surface area contributed by atoms with Crippen molar-refractivity contribution in [3.05, 3.63) is 70.0 Å². The second-order valence-corrected chi connectivity index (χ2v) is 6.97. The third kappa shape index (κ3) is 3.30. The topological polar surface area (TPSA) is 66.1 Å². The van der Waals surface area contributed by atoms with Crippen molar-refractivity contribution in [3.63, 3.8) is 0 Å². The number of H-pyrrole nitrogens is 1. The van der Waals surface area contributed by atoms with Crippen molar-refractivity contribution >= 4 is 28.6 Å². The highest BCUT2D eigenvalue weighted by Gasteiger charge is 2.20. The Morgan fingerprint density at radius 1 is 1.12 bits per heavy atom. The van der Waals surface area contributed by atoms with Crippen LogP contribution in [0.2, 0.25) is 0 Å². The number of fused-ring (bicyclic) bond motifs is 2. The molecule has 5 nitrogen and oxygen atoms in total. The Morgan fingerprint density at radius 2 is 1.88 bits per heavy atom. The maximum Gasteiger partial charge on any atom is 0.259 e. The first-order chi connectivity index (χ1) is 12.2. The smallest absolute Gasteiger partial charge is 0.259 e. The van der Waals surface area contributed by atoms with Crippen LogP contribution in [0.3, 0.4) is 0 Å². The minimum absolute atomic E-state index is 0.0651. The van der Waals surface area contributed by atoms with E-state index < -0.39 is 0 Å². The molecule has 0 aliphatic carbocycles. The van der Waals surface area contributed by atoms with Gasteiger partial charge in [0, 0.05) is 13.1 Å². The van der Waals surface area contributed by atoms with Gasteiger partial charge in [-0.05, 0) is 29.7 Å². The van der Waals surface area contributed by atoms with E-state index in [0.29, 0.717) is 22.6 Å². The standard InChI is InChI=1S/C19H17N3O2S/c23-17(22-10-9-13-5-1-2-6-14(13)11-22)12-25-19-20-16-8-4-3-7-15(16)18(24)21-19/h1-8H,9-12H2,(H,20,21,24). The fraction of sp³-hybridized carbons (Fsp3) is 0.211. The lowest BCUT2D eigenvalue weighted by Gasteiger charge is -2.28. The first kappa shape index (κ1) is 15.9. The van der Waals surface area contributed by atoms with Crippen molar-refractivity contribution in [1.82, 2.24) is 14.9 Å². The van der Waals surface area contributed by atoms with E-state index in [1.165, 1.54) is 22.9 Å². The normalized spacial score (nSPS) is 13.7. The third-order valence-electron chi connectivity index (χ3n) is 4.41. The molecule has 0 spiro atoms. The Kier molecular flexibility index (Phi) is 4.28. The van der Waals surface area contributed by atoms with E-state index in [4.69, 9.17) is 0 Å². The van der Waals surface area contributed by atoms with Gasteiger partial charge in [0.2, 0.25) is 5.91 Å². The van der Waals surface area contributed by atoms with Crippen molar-refractivity contribution in [1.29, 1.82) is 0 Å². The van der Waals surface area contributed by atoms with Gasteiger partial charge in [0.25, 0.3) is 5.56 Å². The van der Waals surface area contributed by atoms with Gasteiger partial charge in [0.1, 0.15) is 0 Å². The van der Waals surface area contributed by atoms with Gasteiger partial charge in [-0.2, -0.15) is 0 Å². The quantitative estimate of drug-likeness (QED) is 0.582. The van der Waals surface area contributed by atoms with Gasteiger partial charge in [-0.1, -0.05) is 48.2 Å². The molecule has 0 radical (unpaired) electrons. The Balaban J connectivity index is 1.45. The maximum absolute atomic E-state index is 12.5. The van der Waals surface area contributed by atoms with Crippen LogP contribution in [0.25, 0.3) is 10.9 Å². The van der Waals surface area contributed by atoms with Crippen LogP contribution < -0.4 is 5.56 Å². The van der Waals surface area contributed by atoms with Crippen LogP contribution in [0.5, 0.6) is 0 Å². The SMILES string of the molecule is O=C(CSc1nc2ccccc2c(=O)[nH]1)N1CCc2ccccc2C1. The van der Waals surface area contributed by atoms with Gasteiger partial charge >= 0.3 is 0 Å². The fourth-order valence-corrected chi connectivity index (χ4v) is 3.83. The number of hydrogen-bond donors (Lipinski definition) is 1. The van der Waals surface area contributed by atoms with Gasteiger partial charge < -0.3 is 9.88 Å². The minimum atomic E-state index is -0.174. The molecule has 3 aromatic rings. The third-order valence-corrected chi connectivity index (χ3v) is 5.26. The lowest BCUT2D eigenvalue weighted by atomic mass is 10.00. The molecule has 6 heteroatoms. The van der Waals surface area contributed by atoms with Crippen molar-refractivity contribution in [3.8, 4) is 0 Å². The highest BCUT2D eigenvalue weighted by atomic mass is 32.2. The lowest BCUT2D eigenvalue weighted by Crippen LogP contribution is -2.37. The van der Waals surface area contributed by atoms with E-state index in [-0.39, 0.29) is 17.2 Å². The van der Waals surface area contributed by atoms with Crippen LogP contribution in [-0.4, -0.2) is 33.1 Å². The summed E-state index contributed by atoms with van der Waals surface area (Å²) < 4.78 is 0. The maximum atomic E-state index is 12.5. The number of carbonyl (C=O) groups is 1. The van der Waals surface area contributed by atoms with Crippen LogP contribution in [0, 0.1) is 0 Å². The summed E-state index contributed by atoms with van der Waals surface area (Å²) in [5.74, 6) is 0.332. The number of carbonyl (C=O) groups excluding carboxylic acids is 1. The summed E-state index contributed by atoms with van der Waals surface area (Å²) in [6.45, 7) is 1.38. The summed E-state index contributed by atoms with van der Waals surface area (Å²) in [6.07, 6.45) is 0.887. The number of benzene rings is 2. The summed E-state index contributed by atoms with van der Waals surface area (Å²) in [5.41, 5.74) is 3.00. The molecule has 2 heterocycles. The van der Waals surface area contributed by atoms with Crippen LogP contribution in [0.4, 0.5) is 0 Å². The van der Waals surface area contributed by atoms with Gasteiger partial charge in [-0.3, -0.25) is 9.59 Å². The van der Waals surface area contributed by atoms with Gasteiger partial charge in [-0.25, -0.2) is 4.98 Å². The molecular formula is C19H17N3O2S. The monoisotopic (exact) mass is 351 g/mol. The van der Waals surface area contributed by atoms with Crippen LogP contribution in [0.15, 0.2) is 58.5 Å².